The number of carbonyl (C=O) groups is 1. The van der Waals surface area contributed by atoms with Crippen molar-refractivity contribution in [2.24, 2.45) is 0 Å². The van der Waals surface area contributed by atoms with E-state index in [0.717, 1.165) is 82.4 Å². The molecule has 39 heavy (non-hydrogen) atoms. The van der Waals surface area contributed by atoms with Gasteiger partial charge in [0.2, 0.25) is 5.91 Å². The van der Waals surface area contributed by atoms with Gasteiger partial charge in [-0.3, -0.25) is 9.69 Å². The Balaban J connectivity index is 1.27. The number of amides is 1. The second-order valence-corrected chi connectivity index (χ2v) is 11.1. The summed E-state index contributed by atoms with van der Waals surface area (Å²) in [5.74, 6) is 0.756. The summed E-state index contributed by atoms with van der Waals surface area (Å²) in [6, 6.07) is 10.5. The minimum atomic E-state index is -0.0191. The van der Waals surface area contributed by atoms with Crippen LogP contribution in [0.15, 0.2) is 41.0 Å². The van der Waals surface area contributed by atoms with Gasteiger partial charge in [0.05, 0.1) is 29.9 Å². The number of hydrogen-bond acceptors (Lipinski definition) is 7. The van der Waals surface area contributed by atoms with Crippen LogP contribution in [-0.2, 0) is 9.53 Å². The maximum absolute atomic E-state index is 12.7. The Hall–Kier alpha value is -3.25. The summed E-state index contributed by atoms with van der Waals surface area (Å²) in [4.78, 5) is 27.7. The number of halogens is 1. The summed E-state index contributed by atoms with van der Waals surface area (Å²) in [7, 11) is 0. The highest BCUT2D eigenvalue weighted by Crippen LogP contribution is 2.34. The van der Waals surface area contributed by atoms with E-state index in [1.165, 1.54) is 0 Å². The molecular formula is C28H33BrN8O2. The molecule has 5 heterocycles. The number of nitrogens with zero attached hydrogens (tertiary/aromatic N) is 4. The number of ether oxygens (including phenoxy) is 1. The van der Waals surface area contributed by atoms with E-state index in [2.05, 4.69) is 77.3 Å². The molecule has 3 aromatic heterocycles. The molecule has 0 bridgehead atoms. The summed E-state index contributed by atoms with van der Waals surface area (Å²) in [5, 5.41) is 10.1. The normalized spacial score (nSPS) is 18.1. The number of hydrogen-bond donors (Lipinski definition) is 4. The van der Waals surface area contributed by atoms with Crippen LogP contribution in [0.2, 0.25) is 0 Å². The molecule has 1 amide bonds. The zero-order valence-electron chi connectivity index (χ0n) is 22.2. The zero-order valence-corrected chi connectivity index (χ0v) is 23.8. The first-order chi connectivity index (χ1) is 19.0. The predicted molar refractivity (Wildman–Crippen MR) is 157 cm³/mol. The highest BCUT2D eigenvalue weighted by atomic mass is 79.9. The molecule has 0 aliphatic carbocycles. The van der Waals surface area contributed by atoms with Gasteiger partial charge >= 0.3 is 0 Å². The van der Waals surface area contributed by atoms with Crippen molar-refractivity contribution in [2.45, 2.75) is 26.3 Å². The molecule has 10 nitrogen and oxygen atoms in total. The van der Waals surface area contributed by atoms with Crippen LogP contribution in [0.1, 0.15) is 17.8 Å². The molecule has 2 aliphatic rings. The Morgan fingerprint density at radius 3 is 2.87 bits per heavy atom. The number of benzene rings is 1. The van der Waals surface area contributed by atoms with Crippen molar-refractivity contribution in [1.82, 2.24) is 29.7 Å². The molecule has 2 aliphatic heterocycles. The fourth-order valence-corrected chi connectivity index (χ4v) is 5.88. The summed E-state index contributed by atoms with van der Waals surface area (Å²) >= 11 is 3.67. The minimum Gasteiger partial charge on any atom is -0.379 e. The number of pyridine rings is 1. The van der Waals surface area contributed by atoms with E-state index in [0.29, 0.717) is 31.4 Å². The number of morpholine rings is 1. The van der Waals surface area contributed by atoms with Crippen LogP contribution in [0.5, 0.6) is 0 Å². The molecule has 6 rings (SSSR count). The fraction of sp³-hybridized carbons (Fsp3) is 0.393. The SMILES string of the molecule is Cc1cc(-c2nc3ncc(Br)c(N[C@H]4CCNC4)c3[nH]2)c(C)n1-c1cccc(NC(=O)CN2CCOCC2)c1. The van der Waals surface area contributed by atoms with Gasteiger partial charge in [-0.25, -0.2) is 9.97 Å². The van der Waals surface area contributed by atoms with Crippen molar-refractivity contribution in [1.29, 1.82) is 0 Å². The first-order valence-electron chi connectivity index (χ1n) is 13.4. The standard InChI is InChI=1S/C28H33BrN8O2/c1-17-12-22(27-34-26-25(33-20-6-7-30-14-20)23(29)15-31-28(26)35-27)18(2)37(17)21-5-3-4-19(13-21)32-24(38)16-36-8-10-39-11-9-36/h3-5,12-13,15,20,30H,6-11,14,16H2,1-2H3,(H,32,38)(H2,31,33,34,35)/t20-/m0/s1. The zero-order chi connectivity index (χ0) is 26.9. The number of carbonyl (C=O) groups excluding carboxylic acids is 1. The molecule has 4 aromatic rings. The van der Waals surface area contributed by atoms with E-state index in [9.17, 15) is 4.79 Å². The third kappa shape index (κ3) is 5.44. The molecule has 0 unspecified atom stereocenters. The van der Waals surface area contributed by atoms with E-state index in [1.54, 1.807) is 6.20 Å². The first-order valence-corrected chi connectivity index (χ1v) is 14.2. The van der Waals surface area contributed by atoms with Gasteiger partial charge in [0.1, 0.15) is 11.3 Å². The minimum absolute atomic E-state index is 0.0191. The lowest BCUT2D eigenvalue weighted by Crippen LogP contribution is -2.41. The number of rotatable bonds is 7. The Kier molecular flexibility index (Phi) is 7.39. The second-order valence-electron chi connectivity index (χ2n) is 10.2. The highest BCUT2D eigenvalue weighted by molar-refractivity contribution is 9.10. The summed E-state index contributed by atoms with van der Waals surface area (Å²) < 4.78 is 8.48. The van der Waals surface area contributed by atoms with Crippen LogP contribution in [0.25, 0.3) is 28.2 Å². The van der Waals surface area contributed by atoms with E-state index < -0.39 is 0 Å². The van der Waals surface area contributed by atoms with Crippen molar-refractivity contribution in [3.63, 3.8) is 0 Å². The topological polar surface area (TPSA) is 112 Å². The number of fused-ring (bicyclic) bond motifs is 1. The average Bonchev–Trinajstić information content (AvgIpc) is 3.66. The van der Waals surface area contributed by atoms with Gasteiger partial charge in [-0.05, 0) is 67.0 Å². The maximum Gasteiger partial charge on any atom is 0.238 e. The van der Waals surface area contributed by atoms with Crippen LogP contribution in [0.4, 0.5) is 11.4 Å². The third-order valence-electron chi connectivity index (χ3n) is 7.43. The van der Waals surface area contributed by atoms with Crippen molar-refractivity contribution in [2.75, 3.05) is 56.6 Å². The van der Waals surface area contributed by atoms with E-state index in [4.69, 9.17) is 9.72 Å². The average molecular weight is 594 g/mol. The van der Waals surface area contributed by atoms with Crippen molar-refractivity contribution >= 4 is 44.4 Å². The predicted octanol–water partition coefficient (Wildman–Crippen LogP) is 3.84. The molecular weight excluding hydrogens is 560 g/mol. The highest BCUT2D eigenvalue weighted by Gasteiger charge is 2.21. The molecule has 1 aromatic carbocycles. The number of aromatic nitrogens is 4. The lowest BCUT2D eigenvalue weighted by molar-refractivity contribution is -0.118. The smallest absolute Gasteiger partial charge is 0.238 e. The number of aromatic amines is 1. The molecule has 2 fully saturated rings. The first kappa shape index (κ1) is 26.0. The van der Waals surface area contributed by atoms with E-state index >= 15 is 0 Å². The Bertz CT molecular complexity index is 1500. The van der Waals surface area contributed by atoms with Crippen LogP contribution in [0, 0.1) is 13.8 Å². The van der Waals surface area contributed by atoms with Crippen LogP contribution < -0.4 is 16.0 Å². The quantitative estimate of drug-likeness (QED) is 0.258. The van der Waals surface area contributed by atoms with Crippen LogP contribution in [0.3, 0.4) is 0 Å². The lowest BCUT2D eigenvalue weighted by atomic mass is 10.2. The van der Waals surface area contributed by atoms with Gasteiger partial charge in [-0.2, -0.15) is 0 Å². The molecule has 11 heteroatoms. The van der Waals surface area contributed by atoms with E-state index in [-0.39, 0.29) is 5.91 Å². The number of nitrogens with one attached hydrogen (secondary N) is 4. The van der Waals surface area contributed by atoms with Crippen molar-refractivity contribution < 1.29 is 9.53 Å². The molecule has 204 valence electrons. The van der Waals surface area contributed by atoms with Crippen molar-refractivity contribution in [3.05, 3.63) is 52.4 Å². The molecule has 0 saturated carbocycles. The van der Waals surface area contributed by atoms with Gasteiger partial charge in [0.25, 0.3) is 0 Å². The van der Waals surface area contributed by atoms with Crippen LogP contribution >= 0.6 is 15.9 Å². The molecule has 2 saturated heterocycles. The van der Waals surface area contributed by atoms with Gasteiger partial charge < -0.3 is 30.2 Å². The summed E-state index contributed by atoms with van der Waals surface area (Å²) in [6.07, 6.45) is 2.88. The summed E-state index contributed by atoms with van der Waals surface area (Å²) in [6.45, 7) is 9.39. The molecule has 1 atom stereocenters. The largest absolute Gasteiger partial charge is 0.379 e. The third-order valence-corrected chi connectivity index (χ3v) is 8.03. The van der Waals surface area contributed by atoms with Gasteiger partial charge in [-0.1, -0.05) is 6.07 Å². The van der Waals surface area contributed by atoms with Gasteiger partial charge in [0, 0.05) is 60.2 Å². The Morgan fingerprint density at radius 2 is 2.08 bits per heavy atom. The van der Waals surface area contributed by atoms with Gasteiger partial charge in [-0.15, -0.1) is 0 Å². The number of aryl methyl sites for hydroxylation is 1. The molecule has 0 radical (unpaired) electrons. The number of H-pyrrole nitrogens is 1. The number of anilines is 2. The van der Waals surface area contributed by atoms with E-state index in [1.807, 2.05) is 18.2 Å². The Morgan fingerprint density at radius 1 is 1.23 bits per heavy atom. The lowest BCUT2D eigenvalue weighted by Gasteiger charge is -2.25. The molecule has 0 spiro atoms. The summed E-state index contributed by atoms with van der Waals surface area (Å²) in [5.41, 5.74) is 7.44. The monoisotopic (exact) mass is 592 g/mol. The van der Waals surface area contributed by atoms with Crippen molar-refractivity contribution in [3.8, 4) is 17.1 Å². The fourth-order valence-electron chi connectivity index (χ4n) is 5.47. The molecule has 4 N–H and O–H groups in total. The van der Waals surface area contributed by atoms with Crippen LogP contribution in [-0.4, -0.2) is 82.3 Å². The maximum atomic E-state index is 12.7. The second kappa shape index (κ2) is 11.1. The number of imidazole rings is 1. The Labute approximate surface area is 235 Å². The van der Waals surface area contributed by atoms with Gasteiger partial charge in [0.15, 0.2) is 5.65 Å².